The van der Waals surface area contributed by atoms with Crippen LogP contribution in [0.15, 0.2) is 0 Å². The van der Waals surface area contributed by atoms with E-state index in [1.165, 1.54) is 12.8 Å². The number of nitrogens with one attached hydrogen (secondary N) is 2. The number of carbonyl (C=O) groups excluding carboxylic acids is 1. The fraction of sp³-hybridized carbons (Fsp3) is 0.900. The van der Waals surface area contributed by atoms with Crippen molar-refractivity contribution >= 4 is 5.91 Å². The monoisotopic (exact) mass is 182 g/mol. The lowest BCUT2D eigenvalue weighted by Gasteiger charge is -2.28. The number of hydrogen-bond acceptors (Lipinski definition) is 2. The van der Waals surface area contributed by atoms with Crippen LogP contribution in [0.2, 0.25) is 0 Å². The van der Waals surface area contributed by atoms with Gasteiger partial charge in [-0.05, 0) is 32.2 Å². The first-order chi connectivity index (χ1) is 6.36. The first-order valence-electron chi connectivity index (χ1n) is 5.37. The van der Waals surface area contributed by atoms with E-state index in [1.54, 1.807) is 0 Å². The molecule has 1 saturated heterocycles. The van der Waals surface area contributed by atoms with Crippen LogP contribution in [-0.4, -0.2) is 25.0 Å². The second-order valence-corrected chi connectivity index (χ2v) is 4.15. The van der Waals surface area contributed by atoms with Crippen molar-refractivity contribution in [1.82, 2.24) is 10.6 Å². The van der Waals surface area contributed by atoms with Gasteiger partial charge in [0.2, 0.25) is 5.91 Å². The Hall–Kier alpha value is -0.570. The van der Waals surface area contributed by atoms with Gasteiger partial charge in [-0.2, -0.15) is 0 Å². The molecule has 1 aliphatic carbocycles. The highest BCUT2D eigenvalue weighted by atomic mass is 16.1. The summed E-state index contributed by atoms with van der Waals surface area (Å²) >= 11 is 0. The van der Waals surface area contributed by atoms with Crippen molar-refractivity contribution in [3.63, 3.8) is 0 Å². The highest BCUT2D eigenvalue weighted by molar-refractivity contribution is 5.79. The summed E-state index contributed by atoms with van der Waals surface area (Å²) in [6, 6.07) is 0.668. The quantitative estimate of drug-likeness (QED) is 0.670. The lowest BCUT2D eigenvalue weighted by atomic mass is 9.85. The molecule has 74 valence electrons. The minimum atomic E-state index is 0.283. The molecule has 0 radical (unpaired) electrons. The molecular weight excluding hydrogens is 164 g/mol. The molecule has 0 bridgehead atoms. The SMILES string of the molecule is O=C(NCCC1CCN1)C1CCC1. The van der Waals surface area contributed by atoms with Gasteiger partial charge in [0.15, 0.2) is 0 Å². The Morgan fingerprint density at radius 3 is 2.62 bits per heavy atom. The molecule has 2 rings (SSSR count). The zero-order valence-electron chi connectivity index (χ0n) is 8.01. The van der Waals surface area contributed by atoms with Crippen LogP contribution in [0, 0.1) is 5.92 Å². The molecule has 1 atom stereocenters. The maximum absolute atomic E-state index is 11.4. The minimum absolute atomic E-state index is 0.283. The van der Waals surface area contributed by atoms with Gasteiger partial charge in [0, 0.05) is 18.5 Å². The smallest absolute Gasteiger partial charge is 0.223 e. The van der Waals surface area contributed by atoms with Gasteiger partial charge in [-0.25, -0.2) is 0 Å². The van der Waals surface area contributed by atoms with E-state index in [1.807, 2.05) is 0 Å². The van der Waals surface area contributed by atoms with Crippen molar-refractivity contribution in [1.29, 1.82) is 0 Å². The first-order valence-corrected chi connectivity index (χ1v) is 5.37. The third kappa shape index (κ3) is 2.21. The van der Waals surface area contributed by atoms with E-state index in [0.29, 0.717) is 12.0 Å². The summed E-state index contributed by atoms with van der Waals surface area (Å²) in [5, 5.41) is 6.33. The fourth-order valence-corrected chi connectivity index (χ4v) is 1.78. The molecular formula is C10H18N2O. The van der Waals surface area contributed by atoms with Crippen LogP contribution in [0.25, 0.3) is 0 Å². The van der Waals surface area contributed by atoms with Crippen LogP contribution in [0.1, 0.15) is 32.1 Å². The Balaban J connectivity index is 1.53. The van der Waals surface area contributed by atoms with E-state index in [-0.39, 0.29) is 5.91 Å². The van der Waals surface area contributed by atoms with Crippen molar-refractivity contribution in [2.75, 3.05) is 13.1 Å². The van der Waals surface area contributed by atoms with Crippen molar-refractivity contribution in [2.24, 2.45) is 5.92 Å². The summed E-state index contributed by atoms with van der Waals surface area (Å²) in [5.41, 5.74) is 0. The van der Waals surface area contributed by atoms with Gasteiger partial charge in [-0.1, -0.05) is 6.42 Å². The van der Waals surface area contributed by atoms with Gasteiger partial charge in [0.25, 0.3) is 0 Å². The normalized spacial score (nSPS) is 27.5. The number of amides is 1. The number of hydrogen-bond donors (Lipinski definition) is 2. The predicted octanol–water partition coefficient (Wildman–Crippen LogP) is 0.655. The summed E-state index contributed by atoms with van der Waals surface area (Å²) in [6.07, 6.45) is 5.82. The number of carbonyl (C=O) groups is 1. The van der Waals surface area contributed by atoms with Crippen LogP contribution < -0.4 is 10.6 Å². The van der Waals surface area contributed by atoms with Crippen LogP contribution in [0.5, 0.6) is 0 Å². The van der Waals surface area contributed by atoms with Gasteiger partial charge in [0.05, 0.1) is 0 Å². The largest absolute Gasteiger partial charge is 0.356 e. The molecule has 0 aromatic rings. The lowest BCUT2D eigenvalue weighted by molar-refractivity contribution is -0.127. The van der Waals surface area contributed by atoms with E-state index < -0.39 is 0 Å². The average Bonchev–Trinajstić information content (AvgIpc) is 1.90. The summed E-state index contributed by atoms with van der Waals surface area (Å²) in [6.45, 7) is 2.01. The third-order valence-corrected chi connectivity index (χ3v) is 3.19. The molecule has 0 aromatic carbocycles. The second-order valence-electron chi connectivity index (χ2n) is 4.15. The predicted molar refractivity (Wildman–Crippen MR) is 51.4 cm³/mol. The van der Waals surface area contributed by atoms with Crippen molar-refractivity contribution in [3.8, 4) is 0 Å². The molecule has 3 heteroatoms. The van der Waals surface area contributed by atoms with Crippen molar-refractivity contribution < 1.29 is 4.79 Å². The van der Waals surface area contributed by atoms with Gasteiger partial charge >= 0.3 is 0 Å². The second kappa shape index (κ2) is 4.09. The number of rotatable bonds is 4. The van der Waals surface area contributed by atoms with E-state index in [4.69, 9.17) is 0 Å². The average molecular weight is 182 g/mol. The van der Waals surface area contributed by atoms with Gasteiger partial charge < -0.3 is 10.6 Å². The lowest BCUT2D eigenvalue weighted by Crippen LogP contribution is -2.45. The van der Waals surface area contributed by atoms with Crippen molar-refractivity contribution in [3.05, 3.63) is 0 Å². The highest BCUT2D eigenvalue weighted by Gasteiger charge is 2.25. The molecule has 1 saturated carbocycles. The molecule has 1 unspecified atom stereocenters. The maximum atomic E-state index is 11.4. The molecule has 13 heavy (non-hydrogen) atoms. The Morgan fingerprint density at radius 1 is 1.38 bits per heavy atom. The maximum Gasteiger partial charge on any atom is 0.223 e. The molecule has 1 aliphatic heterocycles. The Bertz CT molecular complexity index is 185. The van der Waals surface area contributed by atoms with E-state index in [2.05, 4.69) is 10.6 Å². The Morgan fingerprint density at radius 2 is 2.15 bits per heavy atom. The first kappa shape index (κ1) is 9.00. The van der Waals surface area contributed by atoms with E-state index >= 15 is 0 Å². The minimum Gasteiger partial charge on any atom is -0.356 e. The third-order valence-electron chi connectivity index (χ3n) is 3.19. The zero-order chi connectivity index (χ0) is 9.10. The molecule has 2 fully saturated rings. The molecule has 0 aromatic heterocycles. The molecule has 1 heterocycles. The topological polar surface area (TPSA) is 41.1 Å². The Labute approximate surface area is 79.3 Å². The molecule has 3 nitrogen and oxygen atoms in total. The highest BCUT2D eigenvalue weighted by Crippen LogP contribution is 2.26. The van der Waals surface area contributed by atoms with Gasteiger partial charge in [-0.15, -0.1) is 0 Å². The Kier molecular flexibility index (Phi) is 2.83. The summed E-state index contributed by atoms with van der Waals surface area (Å²) < 4.78 is 0. The summed E-state index contributed by atoms with van der Waals surface area (Å²) in [4.78, 5) is 11.4. The van der Waals surface area contributed by atoms with Crippen LogP contribution >= 0.6 is 0 Å². The van der Waals surface area contributed by atoms with Gasteiger partial charge in [-0.3, -0.25) is 4.79 Å². The molecule has 2 aliphatic rings. The summed E-state index contributed by atoms with van der Waals surface area (Å²) in [5.74, 6) is 0.625. The standard InChI is InChI=1S/C10H18N2O/c13-10(8-2-1-3-8)12-7-5-9-4-6-11-9/h8-9,11H,1-7H2,(H,12,13). The van der Waals surface area contributed by atoms with Crippen LogP contribution in [0.4, 0.5) is 0 Å². The van der Waals surface area contributed by atoms with Crippen LogP contribution in [-0.2, 0) is 4.79 Å². The molecule has 1 amide bonds. The summed E-state index contributed by atoms with van der Waals surface area (Å²) in [7, 11) is 0. The zero-order valence-corrected chi connectivity index (χ0v) is 8.01. The van der Waals surface area contributed by atoms with E-state index in [9.17, 15) is 4.79 Å². The van der Waals surface area contributed by atoms with Gasteiger partial charge in [0.1, 0.15) is 0 Å². The van der Waals surface area contributed by atoms with Crippen LogP contribution in [0.3, 0.4) is 0 Å². The van der Waals surface area contributed by atoms with E-state index in [0.717, 1.165) is 32.4 Å². The van der Waals surface area contributed by atoms with Crippen molar-refractivity contribution in [2.45, 2.75) is 38.1 Å². The fourth-order valence-electron chi connectivity index (χ4n) is 1.78. The molecule has 2 N–H and O–H groups in total. The molecule has 0 spiro atoms.